The molecule has 0 aromatic heterocycles. The summed E-state index contributed by atoms with van der Waals surface area (Å²) in [6, 6.07) is 9.77. The molecule has 0 saturated carbocycles. The van der Waals surface area contributed by atoms with Crippen molar-refractivity contribution in [3.05, 3.63) is 35.9 Å². The molecule has 0 spiro atoms. The number of amides is 1. The Hall–Kier alpha value is -1.04. The van der Waals surface area contributed by atoms with Crippen LogP contribution >= 0.6 is 11.6 Å². The third-order valence-electron chi connectivity index (χ3n) is 4.85. The molecule has 0 radical (unpaired) electrons. The van der Waals surface area contributed by atoms with Gasteiger partial charge in [0, 0.05) is 5.88 Å². The van der Waals surface area contributed by atoms with Crippen LogP contribution in [0.5, 0.6) is 0 Å². The van der Waals surface area contributed by atoms with Crippen LogP contribution in [0.2, 0.25) is 18.1 Å². The van der Waals surface area contributed by atoms with Crippen LogP contribution < -0.4 is 5.32 Å². The number of nitrogens with one attached hydrogen (secondary N) is 1. The van der Waals surface area contributed by atoms with Gasteiger partial charge in [-0.1, -0.05) is 51.1 Å². The van der Waals surface area contributed by atoms with Crippen LogP contribution in [-0.2, 0) is 15.6 Å². The number of hydrogen-bond donors (Lipinski definition) is 1. The lowest BCUT2D eigenvalue weighted by Gasteiger charge is -2.41. The lowest BCUT2D eigenvalue weighted by atomic mass is 10.0. The summed E-state index contributed by atoms with van der Waals surface area (Å²) < 4.78 is 12.0. The lowest BCUT2D eigenvalue weighted by Crippen LogP contribution is -2.54. The molecule has 2 atom stereocenters. The van der Waals surface area contributed by atoms with Gasteiger partial charge in [0.2, 0.25) is 0 Å². The van der Waals surface area contributed by atoms with E-state index in [0.29, 0.717) is 12.3 Å². The molecule has 1 rings (SSSR count). The highest BCUT2D eigenvalue weighted by Gasteiger charge is 2.41. The number of alkyl carbamates (subject to hydrolysis) is 1. The molecule has 0 aliphatic rings. The minimum atomic E-state index is -2.04. The molecule has 0 aliphatic heterocycles. The van der Waals surface area contributed by atoms with Crippen molar-refractivity contribution in [2.24, 2.45) is 0 Å². The Morgan fingerprint density at radius 1 is 1.11 bits per heavy atom. The van der Waals surface area contributed by atoms with E-state index in [1.54, 1.807) is 0 Å². The highest BCUT2D eigenvalue weighted by molar-refractivity contribution is 6.74. The van der Waals surface area contributed by atoms with Gasteiger partial charge in [-0.2, -0.15) is 0 Å². The van der Waals surface area contributed by atoms with E-state index in [4.69, 9.17) is 20.8 Å². The first-order chi connectivity index (χ1) is 12.2. The van der Waals surface area contributed by atoms with Crippen molar-refractivity contribution in [1.29, 1.82) is 0 Å². The van der Waals surface area contributed by atoms with Gasteiger partial charge in [-0.15, -0.1) is 11.6 Å². The Bertz CT molecular complexity index is 594. The maximum Gasteiger partial charge on any atom is 0.407 e. The SMILES string of the molecule is CC(C)(C)OC(=O)N[C@H](Cc1ccccc1)[C@@H](CCl)O[Si](C)(C)C(C)(C)C. The first-order valence-electron chi connectivity index (χ1n) is 9.52. The van der Waals surface area contributed by atoms with E-state index in [-0.39, 0.29) is 17.2 Å². The number of hydrogen-bond acceptors (Lipinski definition) is 3. The summed E-state index contributed by atoms with van der Waals surface area (Å²) in [6.07, 6.45) is -0.107. The van der Waals surface area contributed by atoms with Crippen LogP contribution in [0.3, 0.4) is 0 Å². The predicted octanol–water partition coefficient (Wildman–Crippen LogP) is 5.75. The molecule has 1 N–H and O–H groups in total. The van der Waals surface area contributed by atoms with E-state index in [0.717, 1.165) is 5.56 Å². The van der Waals surface area contributed by atoms with E-state index in [9.17, 15) is 4.79 Å². The van der Waals surface area contributed by atoms with Crippen LogP contribution in [0.15, 0.2) is 30.3 Å². The molecule has 0 unspecified atom stereocenters. The Kier molecular flexibility index (Phi) is 8.39. The van der Waals surface area contributed by atoms with Gasteiger partial charge in [0.25, 0.3) is 0 Å². The molecule has 0 heterocycles. The molecule has 154 valence electrons. The van der Waals surface area contributed by atoms with Crippen molar-refractivity contribution in [3.63, 3.8) is 0 Å². The molecule has 0 aliphatic carbocycles. The summed E-state index contributed by atoms with van der Waals surface area (Å²) in [4.78, 5) is 12.4. The number of halogens is 1. The van der Waals surface area contributed by atoms with Crippen LogP contribution in [0.1, 0.15) is 47.1 Å². The van der Waals surface area contributed by atoms with Gasteiger partial charge in [-0.25, -0.2) is 4.79 Å². The van der Waals surface area contributed by atoms with Crippen LogP contribution in [-0.4, -0.2) is 38.0 Å². The highest BCUT2D eigenvalue weighted by Crippen LogP contribution is 2.38. The van der Waals surface area contributed by atoms with Crippen molar-refractivity contribution >= 4 is 26.0 Å². The third kappa shape index (κ3) is 8.24. The second-order valence-electron chi connectivity index (χ2n) is 9.51. The Morgan fingerprint density at radius 2 is 1.67 bits per heavy atom. The molecular formula is C21H36ClNO3Si. The molecule has 27 heavy (non-hydrogen) atoms. The van der Waals surface area contributed by atoms with E-state index >= 15 is 0 Å². The fourth-order valence-electron chi connectivity index (χ4n) is 2.38. The molecule has 6 heteroatoms. The minimum Gasteiger partial charge on any atom is -0.444 e. The van der Waals surface area contributed by atoms with Crippen LogP contribution in [0.4, 0.5) is 4.79 Å². The van der Waals surface area contributed by atoms with E-state index < -0.39 is 20.0 Å². The number of carbonyl (C=O) groups is 1. The average molecular weight is 414 g/mol. The molecule has 0 bridgehead atoms. The summed E-state index contributed by atoms with van der Waals surface area (Å²) >= 11 is 6.31. The van der Waals surface area contributed by atoms with Crippen molar-refractivity contribution in [3.8, 4) is 0 Å². The number of carbonyl (C=O) groups excluding carboxylic acids is 1. The summed E-state index contributed by atoms with van der Waals surface area (Å²) in [6.45, 7) is 16.5. The summed E-state index contributed by atoms with van der Waals surface area (Å²) in [5.41, 5.74) is 0.561. The summed E-state index contributed by atoms with van der Waals surface area (Å²) in [5.74, 6) is 0.305. The zero-order valence-electron chi connectivity index (χ0n) is 18.1. The number of alkyl halides is 1. The zero-order valence-corrected chi connectivity index (χ0v) is 19.8. The van der Waals surface area contributed by atoms with Gasteiger partial charge in [-0.05, 0) is 50.9 Å². The molecule has 0 saturated heterocycles. The Balaban J connectivity index is 3.04. The molecule has 1 amide bonds. The van der Waals surface area contributed by atoms with Crippen molar-refractivity contribution in [2.75, 3.05) is 5.88 Å². The van der Waals surface area contributed by atoms with Gasteiger partial charge in [0.05, 0.1) is 12.1 Å². The third-order valence-corrected chi connectivity index (χ3v) is 9.66. The normalized spacial score (nSPS) is 15.1. The highest BCUT2D eigenvalue weighted by atomic mass is 35.5. The first kappa shape index (κ1) is 24.0. The molecule has 4 nitrogen and oxygen atoms in total. The topological polar surface area (TPSA) is 47.6 Å². The van der Waals surface area contributed by atoms with Crippen molar-refractivity contribution < 1.29 is 14.0 Å². The lowest BCUT2D eigenvalue weighted by molar-refractivity contribution is 0.0448. The number of rotatable bonds is 7. The summed E-state index contributed by atoms with van der Waals surface area (Å²) in [5, 5.41) is 3.05. The fraction of sp³-hybridized carbons (Fsp3) is 0.667. The van der Waals surface area contributed by atoms with Crippen molar-refractivity contribution in [1.82, 2.24) is 5.32 Å². The van der Waals surface area contributed by atoms with Crippen LogP contribution in [0.25, 0.3) is 0 Å². The second kappa shape index (κ2) is 9.44. The quantitative estimate of drug-likeness (QED) is 0.457. The zero-order chi connectivity index (χ0) is 20.9. The number of benzene rings is 1. The molecular weight excluding hydrogens is 378 g/mol. The molecule has 0 fully saturated rings. The minimum absolute atomic E-state index is 0.0561. The summed E-state index contributed by atoms with van der Waals surface area (Å²) in [7, 11) is -2.04. The first-order valence-corrected chi connectivity index (χ1v) is 13.0. The monoisotopic (exact) mass is 413 g/mol. The predicted molar refractivity (Wildman–Crippen MR) is 116 cm³/mol. The Labute approximate surface area is 171 Å². The van der Waals surface area contributed by atoms with Crippen molar-refractivity contribution in [2.45, 2.75) is 83.8 Å². The van der Waals surface area contributed by atoms with Gasteiger partial charge >= 0.3 is 6.09 Å². The standard InChI is InChI=1S/C21H36ClNO3Si/c1-20(2,3)25-19(24)23-17(14-16-12-10-9-11-13-16)18(15-22)26-27(7,8)21(4,5)6/h9-13,17-18H,14-15H2,1-8H3,(H,23,24)/t17-,18-/m1/s1. The largest absolute Gasteiger partial charge is 0.444 e. The maximum atomic E-state index is 12.4. The van der Waals surface area contributed by atoms with Gasteiger partial charge < -0.3 is 14.5 Å². The molecule has 1 aromatic carbocycles. The Morgan fingerprint density at radius 3 is 2.11 bits per heavy atom. The second-order valence-corrected chi connectivity index (χ2v) is 14.6. The smallest absolute Gasteiger partial charge is 0.407 e. The molecule has 1 aromatic rings. The average Bonchev–Trinajstić information content (AvgIpc) is 2.50. The fourth-order valence-corrected chi connectivity index (χ4v) is 4.12. The van der Waals surface area contributed by atoms with Crippen LogP contribution in [0, 0.1) is 0 Å². The van der Waals surface area contributed by atoms with Gasteiger partial charge in [0.15, 0.2) is 8.32 Å². The van der Waals surface area contributed by atoms with Gasteiger partial charge in [-0.3, -0.25) is 0 Å². The van der Waals surface area contributed by atoms with E-state index in [1.165, 1.54) is 0 Å². The van der Waals surface area contributed by atoms with Gasteiger partial charge in [0.1, 0.15) is 5.60 Å². The maximum absolute atomic E-state index is 12.4. The van der Waals surface area contributed by atoms with E-state index in [1.807, 2.05) is 51.1 Å². The van der Waals surface area contributed by atoms with E-state index in [2.05, 4.69) is 39.2 Å². The number of ether oxygens (including phenoxy) is 1.